The Kier molecular flexibility index (Phi) is 5.35. The van der Waals surface area contributed by atoms with Gasteiger partial charge in [0.1, 0.15) is 6.10 Å². The van der Waals surface area contributed by atoms with Crippen LogP contribution < -0.4 is 5.32 Å². The van der Waals surface area contributed by atoms with Crippen molar-refractivity contribution in [2.24, 2.45) is 0 Å². The van der Waals surface area contributed by atoms with E-state index in [9.17, 15) is 5.11 Å². The van der Waals surface area contributed by atoms with Crippen LogP contribution in [0.15, 0.2) is 17.5 Å². The Morgan fingerprint density at radius 2 is 2.24 bits per heavy atom. The monoisotopic (exact) mass is 271 g/mol. The lowest BCUT2D eigenvalue weighted by Gasteiger charge is -2.28. The first-order valence-corrected chi connectivity index (χ1v) is 8.44. The molecule has 2 rings (SSSR count). The van der Waals surface area contributed by atoms with Gasteiger partial charge < -0.3 is 10.4 Å². The van der Waals surface area contributed by atoms with Crippen molar-refractivity contribution in [2.45, 2.75) is 43.1 Å². The van der Waals surface area contributed by atoms with E-state index in [0.717, 1.165) is 10.1 Å². The molecule has 0 saturated heterocycles. The number of hydrogen-bond donors (Lipinski definition) is 2. The fraction of sp³-hybridized carbons (Fsp3) is 0.692. The smallest absolute Gasteiger partial charge is 0.101 e. The lowest BCUT2D eigenvalue weighted by Crippen LogP contribution is -2.36. The van der Waals surface area contributed by atoms with Gasteiger partial charge in [-0.15, -0.1) is 11.3 Å². The minimum atomic E-state index is -0.340. The van der Waals surface area contributed by atoms with Gasteiger partial charge in [-0.1, -0.05) is 6.07 Å². The number of rotatable bonds is 5. The molecule has 1 aromatic heterocycles. The maximum absolute atomic E-state index is 9.98. The fourth-order valence-electron chi connectivity index (χ4n) is 2.36. The lowest BCUT2D eigenvalue weighted by atomic mass is 9.95. The molecule has 1 aliphatic carbocycles. The van der Waals surface area contributed by atoms with Gasteiger partial charge in [0.25, 0.3) is 0 Å². The topological polar surface area (TPSA) is 32.3 Å². The van der Waals surface area contributed by atoms with E-state index in [1.165, 1.54) is 25.7 Å². The molecule has 1 saturated carbocycles. The van der Waals surface area contributed by atoms with Crippen molar-refractivity contribution in [3.8, 4) is 0 Å². The van der Waals surface area contributed by atoms with Crippen molar-refractivity contribution in [2.75, 3.05) is 12.8 Å². The molecule has 0 aromatic carbocycles. The van der Waals surface area contributed by atoms with E-state index in [0.29, 0.717) is 12.6 Å². The molecule has 0 aliphatic heterocycles. The highest BCUT2D eigenvalue weighted by atomic mass is 32.2. The molecule has 96 valence electrons. The Morgan fingerprint density at radius 3 is 2.82 bits per heavy atom. The van der Waals surface area contributed by atoms with Crippen molar-refractivity contribution in [1.29, 1.82) is 0 Å². The van der Waals surface area contributed by atoms with E-state index in [-0.39, 0.29) is 6.10 Å². The fourth-order valence-corrected chi connectivity index (χ4v) is 3.82. The van der Waals surface area contributed by atoms with Crippen LogP contribution in [0.25, 0.3) is 0 Å². The van der Waals surface area contributed by atoms with Gasteiger partial charge in [-0.3, -0.25) is 0 Å². The van der Waals surface area contributed by atoms with Gasteiger partial charge in [-0.05, 0) is 43.4 Å². The molecule has 2 nitrogen and oxygen atoms in total. The third-order valence-electron chi connectivity index (χ3n) is 3.48. The Hall–Kier alpha value is -0.0300. The third kappa shape index (κ3) is 3.98. The van der Waals surface area contributed by atoms with E-state index in [1.807, 2.05) is 29.3 Å². The van der Waals surface area contributed by atoms with Crippen molar-refractivity contribution < 1.29 is 5.11 Å². The van der Waals surface area contributed by atoms with Crippen LogP contribution in [0.1, 0.15) is 36.7 Å². The van der Waals surface area contributed by atoms with Crippen LogP contribution in [0.4, 0.5) is 0 Å². The average Bonchev–Trinajstić information content (AvgIpc) is 2.90. The first-order chi connectivity index (χ1) is 8.29. The Bertz CT molecular complexity index is 307. The van der Waals surface area contributed by atoms with Crippen LogP contribution in [0, 0.1) is 0 Å². The molecule has 0 radical (unpaired) electrons. The van der Waals surface area contributed by atoms with Crippen LogP contribution >= 0.6 is 23.1 Å². The predicted octanol–water partition coefficient (Wildman–Crippen LogP) is 3.05. The number of thioether (sulfide) groups is 1. The summed E-state index contributed by atoms with van der Waals surface area (Å²) in [5.74, 6) is 0. The van der Waals surface area contributed by atoms with E-state index < -0.39 is 0 Å². The van der Waals surface area contributed by atoms with Gasteiger partial charge in [0.2, 0.25) is 0 Å². The van der Waals surface area contributed by atoms with Crippen molar-refractivity contribution in [3.63, 3.8) is 0 Å². The number of nitrogens with one attached hydrogen (secondary N) is 1. The van der Waals surface area contributed by atoms with Crippen molar-refractivity contribution >= 4 is 23.1 Å². The molecule has 0 bridgehead atoms. The molecule has 1 heterocycles. The summed E-state index contributed by atoms with van der Waals surface area (Å²) < 4.78 is 0. The van der Waals surface area contributed by atoms with Gasteiger partial charge in [-0.25, -0.2) is 0 Å². The zero-order valence-corrected chi connectivity index (χ0v) is 11.9. The maximum atomic E-state index is 9.98. The van der Waals surface area contributed by atoms with Crippen LogP contribution in [0.3, 0.4) is 0 Å². The molecule has 0 spiro atoms. The van der Waals surface area contributed by atoms with Crippen LogP contribution in [0.2, 0.25) is 0 Å². The summed E-state index contributed by atoms with van der Waals surface area (Å²) in [6.45, 7) is 0.690. The molecule has 4 heteroatoms. The highest BCUT2D eigenvalue weighted by Crippen LogP contribution is 2.27. The minimum absolute atomic E-state index is 0.340. The zero-order valence-electron chi connectivity index (χ0n) is 10.3. The third-order valence-corrected chi connectivity index (χ3v) is 5.59. The number of hydrogen-bond acceptors (Lipinski definition) is 4. The van der Waals surface area contributed by atoms with E-state index in [1.54, 1.807) is 11.3 Å². The SMILES string of the molecule is CSC1CCC(NCC(O)c2cccs2)CC1. The average molecular weight is 271 g/mol. The van der Waals surface area contributed by atoms with Gasteiger partial charge in [0.15, 0.2) is 0 Å². The Labute approximate surface area is 112 Å². The Morgan fingerprint density at radius 1 is 1.47 bits per heavy atom. The zero-order chi connectivity index (χ0) is 12.1. The van der Waals surface area contributed by atoms with Crippen molar-refractivity contribution in [1.82, 2.24) is 5.32 Å². The van der Waals surface area contributed by atoms with Gasteiger partial charge >= 0.3 is 0 Å². The second-order valence-corrected chi connectivity index (χ2v) is 6.77. The second kappa shape index (κ2) is 6.78. The Balaban J connectivity index is 1.69. The summed E-state index contributed by atoms with van der Waals surface area (Å²) in [7, 11) is 0. The summed E-state index contributed by atoms with van der Waals surface area (Å²) >= 11 is 3.62. The number of aliphatic hydroxyl groups excluding tert-OH is 1. The highest BCUT2D eigenvalue weighted by Gasteiger charge is 2.20. The summed E-state index contributed by atoms with van der Waals surface area (Å²) in [6.07, 6.45) is 7.00. The summed E-state index contributed by atoms with van der Waals surface area (Å²) in [4.78, 5) is 1.07. The molecule has 1 aliphatic rings. The second-order valence-electron chi connectivity index (χ2n) is 4.65. The molecular weight excluding hydrogens is 250 g/mol. The maximum Gasteiger partial charge on any atom is 0.101 e. The molecule has 1 aromatic rings. The molecule has 1 fully saturated rings. The first-order valence-electron chi connectivity index (χ1n) is 6.27. The number of aliphatic hydroxyl groups is 1. The first kappa shape index (κ1) is 13.4. The summed E-state index contributed by atoms with van der Waals surface area (Å²) in [6, 6.07) is 4.60. The quantitative estimate of drug-likeness (QED) is 0.863. The highest BCUT2D eigenvalue weighted by molar-refractivity contribution is 7.99. The van der Waals surface area contributed by atoms with Crippen LogP contribution in [-0.2, 0) is 0 Å². The minimum Gasteiger partial charge on any atom is -0.386 e. The molecule has 0 amide bonds. The molecular formula is C13H21NOS2. The van der Waals surface area contributed by atoms with Gasteiger partial charge in [0.05, 0.1) is 0 Å². The molecule has 1 unspecified atom stereocenters. The number of thiophene rings is 1. The molecule has 17 heavy (non-hydrogen) atoms. The van der Waals surface area contributed by atoms with Gasteiger partial charge in [-0.2, -0.15) is 11.8 Å². The van der Waals surface area contributed by atoms with Crippen LogP contribution in [0.5, 0.6) is 0 Å². The van der Waals surface area contributed by atoms with Crippen molar-refractivity contribution in [3.05, 3.63) is 22.4 Å². The van der Waals surface area contributed by atoms with Crippen LogP contribution in [-0.4, -0.2) is 29.2 Å². The molecule has 2 N–H and O–H groups in total. The standard InChI is InChI=1S/C13H21NOS2/c1-16-11-6-4-10(5-7-11)14-9-12(15)13-3-2-8-17-13/h2-3,8,10-12,14-15H,4-7,9H2,1H3. The van der Waals surface area contributed by atoms with E-state index >= 15 is 0 Å². The largest absolute Gasteiger partial charge is 0.386 e. The summed E-state index contributed by atoms with van der Waals surface area (Å²) in [5.41, 5.74) is 0. The van der Waals surface area contributed by atoms with E-state index in [4.69, 9.17) is 0 Å². The normalized spacial score (nSPS) is 26.9. The summed E-state index contributed by atoms with van der Waals surface area (Å²) in [5, 5.41) is 16.4. The predicted molar refractivity (Wildman–Crippen MR) is 76.8 cm³/mol. The van der Waals surface area contributed by atoms with Gasteiger partial charge in [0, 0.05) is 22.7 Å². The van der Waals surface area contributed by atoms with E-state index in [2.05, 4.69) is 11.6 Å². The lowest BCUT2D eigenvalue weighted by molar-refractivity contribution is 0.169. The molecule has 1 atom stereocenters.